The summed E-state index contributed by atoms with van der Waals surface area (Å²) in [5, 5.41) is 16.9. The van der Waals surface area contributed by atoms with E-state index in [1.165, 1.54) is 0 Å². The van der Waals surface area contributed by atoms with Crippen LogP contribution in [0.15, 0.2) is 36.7 Å². The molecule has 0 saturated carbocycles. The maximum atomic E-state index is 14.2. The highest BCUT2D eigenvalue weighted by molar-refractivity contribution is 5.64. The van der Waals surface area contributed by atoms with Crippen molar-refractivity contribution in [3.05, 3.63) is 42.2 Å². The maximum absolute atomic E-state index is 14.2. The predicted molar refractivity (Wildman–Crippen MR) is 110 cm³/mol. The average molecular weight is 399 g/mol. The van der Waals surface area contributed by atoms with E-state index in [0.717, 1.165) is 5.69 Å². The minimum atomic E-state index is -1.08. The first-order chi connectivity index (χ1) is 13.9. The number of aliphatic hydroxyl groups is 1. The van der Waals surface area contributed by atoms with Crippen LogP contribution in [0.1, 0.15) is 25.8 Å². The first-order valence-corrected chi connectivity index (χ1v) is 9.73. The molecule has 29 heavy (non-hydrogen) atoms. The highest BCUT2D eigenvalue weighted by atomic mass is 19.1. The monoisotopic (exact) mass is 399 g/mol. The molecule has 0 amide bonds. The molecule has 154 valence electrons. The first kappa shape index (κ1) is 19.6. The third kappa shape index (κ3) is 3.90. The molecule has 4 heterocycles. The number of piperidine rings is 1. The van der Waals surface area contributed by atoms with Crippen molar-refractivity contribution in [2.24, 2.45) is 0 Å². The number of rotatable bonds is 5. The van der Waals surface area contributed by atoms with Crippen LogP contribution in [-0.2, 0) is 5.60 Å². The number of anilines is 1. The zero-order valence-electron chi connectivity index (χ0n) is 16.8. The number of ether oxygens (including phenoxy) is 1. The van der Waals surface area contributed by atoms with Crippen LogP contribution in [0.3, 0.4) is 0 Å². The molecule has 1 saturated heterocycles. The van der Waals surface area contributed by atoms with Gasteiger partial charge in [-0.05, 0) is 38.9 Å². The van der Waals surface area contributed by atoms with Crippen LogP contribution in [0.5, 0.6) is 5.75 Å². The van der Waals surface area contributed by atoms with Gasteiger partial charge in [0.15, 0.2) is 0 Å². The number of nitrogens with one attached hydrogen (secondary N) is 2. The summed E-state index contributed by atoms with van der Waals surface area (Å²) in [7, 11) is 1.57. The van der Waals surface area contributed by atoms with E-state index in [-0.39, 0.29) is 6.04 Å². The highest BCUT2D eigenvalue weighted by Gasteiger charge is 2.25. The number of fused-ring (bicyclic) bond motifs is 1. The van der Waals surface area contributed by atoms with Gasteiger partial charge in [-0.1, -0.05) is 6.07 Å². The third-order valence-corrected chi connectivity index (χ3v) is 5.23. The molecule has 7 nitrogen and oxygen atoms in total. The molecule has 1 aliphatic heterocycles. The molecule has 3 aromatic rings. The van der Waals surface area contributed by atoms with Gasteiger partial charge in [-0.3, -0.25) is 4.40 Å². The number of hydrogen-bond donors (Lipinski definition) is 3. The third-order valence-electron chi connectivity index (χ3n) is 5.23. The fraction of sp³-hybridized carbons (Fsp3) is 0.429. The summed E-state index contributed by atoms with van der Waals surface area (Å²) in [5.41, 5.74) is 1.73. The second-order valence-corrected chi connectivity index (χ2v) is 7.85. The lowest BCUT2D eigenvalue weighted by molar-refractivity contribution is 0.0752. The van der Waals surface area contributed by atoms with Gasteiger partial charge in [0.2, 0.25) is 0 Å². The van der Waals surface area contributed by atoms with Crippen LogP contribution in [0.2, 0.25) is 0 Å². The largest absolute Gasteiger partial charge is 0.496 e. The molecule has 1 aliphatic rings. The van der Waals surface area contributed by atoms with Crippen molar-refractivity contribution in [3.63, 3.8) is 0 Å². The molecule has 0 spiro atoms. The van der Waals surface area contributed by atoms with Gasteiger partial charge < -0.3 is 20.5 Å². The highest BCUT2D eigenvalue weighted by Crippen LogP contribution is 2.32. The lowest BCUT2D eigenvalue weighted by Crippen LogP contribution is -2.46. The zero-order chi connectivity index (χ0) is 20.6. The summed E-state index contributed by atoms with van der Waals surface area (Å²) >= 11 is 0. The molecule has 1 fully saturated rings. The van der Waals surface area contributed by atoms with Gasteiger partial charge in [-0.25, -0.2) is 14.4 Å². The zero-order valence-corrected chi connectivity index (χ0v) is 16.8. The topological polar surface area (TPSA) is 83.7 Å². The summed E-state index contributed by atoms with van der Waals surface area (Å²) in [6.07, 6.45) is 3.14. The summed E-state index contributed by atoms with van der Waals surface area (Å²) in [6, 6.07) is 7.09. The number of aromatic nitrogens is 3. The summed E-state index contributed by atoms with van der Waals surface area (Å²) in [5.74, 6) is 1.19. The van der Waals surface area contributed by atoms with Crippen LogP contribution < -0.4 is 15.4 Å². The number of methoxy groups -OCH3 is 1. The van der Waals surface area contributed by atoms with E-state index in [2.05, 4.69) is 20.6 Å². The summed E-state index contributed by atoms with van der Waals surface area (Å²) in [4.78, 5) is 9.12. The van der Waals surface area contributed by atoms with Crippen molar-refractivity contribution in [2.75, 3.05) is 25.5 Å². The maximum Gasteiger partial charge on any atom is 0.140 e. The predicted octanol–water partition coefficient (Wildman–Crippen LogP) is 2.74. The second kappa shape index (κ2) is 7.61. The number of halogens is 1. The smallest absolute Gasteiger partial charge is 0.140 e. The Morgan fingerprint density at radius 3 is 2.93 bits per heavy atom. The normalized spacial score (nSPS) is 20.0. The molecule has 8 heteroatoms. The number of hydrogen-bond acceptors (Lipinski definition) is 6. The molecule has 4 rings (SSSR count). The van der Waals surface area contributed by atoms with Crippen molar-refractivity contribution in [3.8, 4) is 17.1 Å². The van der Waals surface area contributed by atoms with E-state index in [9.17, 15) is 9.50 Å². The van der Waals surface area contributed by atoms with E-state index < -0.39 is 11.8 Å². The van der Waals surface area contributed by atoms with Gasteiger partial charge in [0.1, 0.15) is 23.4 Å². The van der Waals surface area contributed by atoms with Crippen LogP contribution in [-0.4, -0.2) is 51.9 Å². The SMILES string of the molecule is COc1cc2ncc(-c3cccc(N[C@H]4CNCC[C@@H]4F)n3)n2cc1C(C)(C)O. The quantitative estimate of drug-likeness (QED) is 0.612. The molecule has 0 aromatic carbocycles. The molecule has 0 bridgehead atoms. The van der Waals surface area contributed by atoms with Crippen molar-refractivity contribution >= 4 is 11.5 Å². The minimum absolute atomic E-state index is 0.306. The minimum Gasteiger partial charge on any atom is -0.496 e. The first-order valence-electron chi connectivity index (χ1n) is 9.73. The van der Waals surface area contributed by atoms with Crippen LogP contribution in [0.25, 0.3) is 17.0 Å². The van der Waals surface area contributed by atoms with Gasteiger partial charge >= 0.3 is 0 Å². The number of imidazole rings is 1. The lowest BCUT2D eigenvalue weighted by Gasteiger charge is -2.28. The van der Waals surface area contributed by atoms with Crippen molar-refractivity contribution in [1.82, 2.24) is 19.7 Å². The average Bonchev–Trinajstić information content (AvgIpc) is 3.11. The molecule has 3 aromatic heterocycles. The fourth-order valence-electron chi connectivity index (χ4n) is 3.64. The Kier molecular flexibility index (Phi) is 5.14. The Morgan fingerprint density at radius 1 is 1.38 bits per heavy atom. The standard InChI is InChI=1S/C21H26FN5O2/c1-21(2,28)13-12-27-17(11-24-20(27)9-18(13)29-3)15-5-4-6-19(25-15)26-16-10-23-8-7-14(16)22/h4-6,9,11-12,14,16,23,28H,7-8,10H2,1-3H3,(H,25,26)/t14-,16-/m0/s1. The Bertz CT molecular complexity index is 1010. The second-order valence-electron chi connectivity index (χ2n) is 7.85. The van der Waals surface area contributed by atoms with Crippen molar-refractivity contribution in [1.29, 1.82) is 0 Å². The van der Waals surface area contributed by atoms with Crippen LogP contribution in [0, 0.1) is 0 Å². The van der Waals surface area contributed by atoms with Crippen molar-refractivity contribution in [2.45, 2.75) is 38.1 Å². The van der Waals surface area contributed by atoms with E-state index in [1.807, 2.05) is 28.8 Å². The molecular weight excluding hydrogens is 373 g/mol. The van der Waals surface area contributed by atoms with Crippen molar-refractivity contribution < 1.29 is 14.2 Å². The number of pyridine rings is 2. The summed E-state index contributed by atoms with van der Waals surface area (Å²) < 4.78 is 21.5. The molecule has 0 unspecified atom stereocenters. The Morgan fingerprint density at radius 2 is 2.21 bits per heavy atom. The lowest BCUT2D eigenvalue weighted by atomic mass is 9.99. The molecule has 0 radical (unpaired) electrons. The summed E-state index contributed by atoms with van der Waals surface area (Å²) in [6.45, 7) is 4.68. The Labute approximate surface area is 168 Å². The van der Waals surface area contributed by atoms with Gasteiger partial charge in [0.25, 0.3) is 0 Å². The van der Waals surface area contributed by atoms with E-state index in [1.54, 1.807) is 33.2 Å². The number of alkyl halides is 1. The van der Waals surface area contributed by atoms with E-state index >= 15 is 0 Å². The van der Waals surface area contributed by atoms with E-state index in [4.69, 9.17) is 4.74 Å². The van der Waals surface area contributed by atoms with E-state index in [0.29, 0.717) is 48.0 Å². The van der Waals surface area contributed by atoms with Gasteiger partial charge in [0, 0.05) is 24.4 Å². The fourth-order valence-corrected chi connectivity index (χ4v) is 3.64. The van der Waals surface area contributed by atoms with Gasteiger partial charge in [0.05, 0.1) is 36.3 Å². The molecule has 0 aliphatic carbocycles. The molecule has 2 atom stereocenters. The molecular formula is C21H26FN5O2. The Hall–Kier alpha value is -2.71. The molecule has 3 N–H and O–H groups in total. The van der Waals surface area contributed by atoms with Crippen LogP contribution >= 0.6 is 0 Å². The number of nitrogens with zero attached hydrogens (tertiary/aromatic N) is 3. The Balaban J connectivity index is 1.71. The van der Waals surface area contributed by atoms with Gasteiger partial charge in [-0.2, -0.15) is 0 Å². The van der Waals surface area contributed by atoms with Crippen LogP contribution in [0.4, 0.5) is 10.2 Å². The van der Waals surface area contributed by atoms with Gasteiger partial charge in [-0.15, -0.1) is 0 Å².